The van der Waals surface area contributed by atoms with E-state index in [0.717, 1.165) is 5.69 Å². The summed E-state index contributed by atoms with van der Waals surface area (Å²) in [5, 5.41) is 5.54. The fourth-order valence-electron chi connectivity index (χ4n) is 1.64. The Balaban J connectivity index is 1.84. The highest BCUT2D eigenvalue weighted by Crippen LogP contribution is 2.35. The number of benzene rings is 1. The first-order valence-electron chi connectivity index (χ1n) is 5.96. The Hall–Kier alpha value is -1.77. The maximum Gasteiger partial charge on any atom is 0.323 e. The molecule has 0 saturated heterocycles. The van der Waals surface area contributed by atoms with Gasteiger partial charge in [-0.2, -0.15) is 0 Å². The lowest BCUT2D eigenvalue weighted by molar-refractivity contribution is 0.255. The predicted octanol–water partition coefficient (Wildman–Crippen LogP) is 3.43. The topological polar surface area (TPSA) is 41.1 Å². The largest absolute Gasteiger partial charge is 0.323 e. The van der Waals surface area contributed by atoms with Gasteiger partial charge in [0.15, 0.2) is 0 Å². The first-order chi connectivity index (χ1) is 8.15. The van der Waals surface area contributed by atoms with Crippen LogP contribution < -0.4 is 10.6 Å². The van der Waals surface area contributed by atoms with Crippen LogP contribution in [0.2, 0.25) is 0 Å². The van der Waals surface area contributed by atoms with Gasteiger partial charge in [0, 0.05) is 11.9 Å². The summed E-state index contributed by atoms with van der Waals surface area (Å²) in [6.45, 7) is 4.08. The van der Waals surface area contributed by atoms with Gasteiger partial charge in [-0.25, -0.2) is 4.79 Å². The zero-order chi connectivity index (χ0) is 12.3. The molecule has 1 aromatic rings. The van der Waals surface area contributed by atoms with Gasteiger partial charge in [-0.15, -0.1) is 0 Å². The van der Waals surface area contributed by atoms with E-state index in [0.29, 0.717) is 5.92 Å². The van der Waals surface area contributed by atoms with Gasteiger partial charge < -0.3 is 10.6 Å². The minimum Gasteiger partial charge on any atom is -0.314 e. The number of carbonyl (C=O) groups is 1. The number of urea groups is 1. The summed E-state index contributed by atoms with van der Waals surface area (Å²) >= 11 is 0. The molecular weight excluding hydrogens is 212 g/mol. The Morgan fingerprint density at radius 1 is 1.29 bits per heavy atom. The Bertz CT molecular complexity index is 430. The molecule has 0 radical (unpaired) electrons. The van der Waals surface area contributed by atoms with Crippen LogP contribution in [-0.2, 0) is 0 Å². The summed E-state index contributed by atoms with van der Waals surface area (Å²) < 4.78 is 0. The zero-order valence-electron chi connectivity index (χ0n) is 10.3. The summed E-state index contributed by atoms with van der Waals surface area (Å²) in [5.74, 6) is 0.690. The number of carbonyl (C=O) groups excluding carboxylic acids is 1. The molecule has 0 heterocycles. The summed E-state index contributed by atoms with van der Waals surface area (Å²) in [6.07, 6.45) is 4.31. The molecule has 90 valence electrons. The normalized spacial score (nSPS) is 15.5. The van der Waals surface area contributed by atoms with Crippen molar-refractivity contribution in [2.45, 2.75) is 26.7 Å². The molecule has 1 fully saturated rings. The number of allylic oxidation sites excluding steroid dienone is 1. The van der Waals surface area contributed by atoms with E-state index in [9.17, 15) is 4.79 Å². The molecule has 0 atom stereocenters. The van der Waals surface area contributed by atoms with Crippen LogP contribution in [0.3, 0.4) is 0 Å². The van der Waals surface area contributed by atoms with E-state index in [1.165, 1.54) is 24.0 Å². The molecule has 0 unspecified atom stereocenters. The molecule has 1 aromatic carbocycles. The number of hydrogen-bond acceptors (Lipinski definition) is 1. The van der Waals surface area contributed by atoms with Crippen LogP contribution in [0.25, 0.3) is 0 Å². The molecule has 3 heteroatoms. The molecule has 0 spiro atoms. The molecular formula is C14H18N2O. The maximum absolute atomic E-state index is 11.6. The Labute approximate surface area is 102 Å². The van der Waals surface area contributed by atoms with E-state index in [1.54, 1.807) is 6.20 Å². The lowest BCUT2D eigenvalue weighted by Crippen LogP contribution is -2.24. The highest BCUT2D eigenvalue weighted by molar-refractivity contribution is 5.89. The lowest BCUT2D eigenvalue weighted by atomic mass is 10.2. The minimum absolute atomic E-state index is 0.186. The van der Waals surface area contributed by atoms with Gasteiger partial charge in [-0.1, -0.05) is 23.3 Å². The summed E-state index contributed by atoms with van der Waals surface area (Å²) in [7, 11) is 0. The average Bonchev–Trinajstić information content (AvgIpc) is 3.13. The van der Waals surface area contributed by atoms with Crippen LogP contribution in [0.15, 0.2) is 36.0 Å². The quantitative estimate of drug-likeness (QED) is 0.820. The number of nitrogens with one attached hydrogen (secondary N) is 2. The fraction of sp³-hybridized carbons (Fsp3) is 0.357. The van der Waals surface area contributed by atoms with Crippen LogP contribution >= 0.6 is 0 Å². The van der Waals surface area contributed by atoms with Gasteiger partial charge in [-0.3, -0.25) is 0 Å². The third-order valence-corrected chi connectivity index (χ3v) is 2.96. The summed E-state index contributed by atoms with van der Waals surface area (Å²) in [6, 6.07) is 7.55. The van der Waals surface area contributed by atoms with Crippen molar-refractivity contribution < 1.29 is 4.79 Å². The van der Waals surface area contributed by atoms with Gasteiger partial charge in [0.1, 0.15) is 0 Å². The van der Waals surface area contributed by atoms with Crippen molar-refractivity contribution in [1.82, 2.24) is 5.32 Å². The second kappa shape index (κ2) is 5.04. The smallest absolute Gasteiger partial charge is 0.314 e. The van der Waals surface area contributed by atoms with Gasteiger partial charge in [0.25, 0.3) is 0 Å². The maximum atomic E-state index is 11.6. The number of anilines is 1. The molecule has 0 aromatic heterocycles. The van der Waals surface area contributed by atoms with Crippen molar-refractivity contribution in [3.63, 3.8) is 0 Å². The second-order valence-corrected chi connectivity index (χ2v) is 4.63. The summed E-state index contributed by atoms with van der Waals surface area (Å²) in [5.41, 5.74) is 3.25. The fourth-order valence-corrected chi connectivity index (χ4v) is 1.64. The Morgan fingerprint density at radius 2 is 1.94 bits per heavy atom. The van der Waals surface area contributed by atoms with Crippen LogP contribution in [0.4, 0.5) is 10.5 Å². The molecule has 17 heavy (non-hydrogen) atoms. The third-order valence-electron chi connectivity index (χ3n) is 2.96. The molecule has 1 saturated carbocycles. The highest BCUT2D eigenvalue weighted by Gasteiger charge is 2.22. The van der Waals surface area contributed by atoms with Gasteiger partial charge in [-0.05, 0) is 44.7 Å². The second-order valence-electron chi connectivity index (χ2n) is 4.63. The van der Waals surface area contributed by atoms with Crippen molar-refractivity contribution >= 4 is 11.7 Å². The molecule has 0 aliphatic heterocycles. The molecule has 0 bridgehead atoms. The van der Waals surface area contributed by atoms with Crippen LogP contribution in [0, 0.1) is 12.8 Å². The van der Waals surface area contributed by atoms with Crippen LogP contribution in [0.5, 0.6) is 0 Å². The SMILES string of the molecule is C/C(=C\NC(=O)Nc1ccc(C)cc1)C1CC1. The molecule has 3 nitrogen and oxygen atoms in total. The zero-order valence-corrected chi connectivity index (χ0v) is 10.3. The third kappa shape index (κ3) is 3.63. The van der Waals surface area contributed by atoms with Gasteiger partial charge in [0.05, 0.1) is 0 Å². The van der Waals surface area contributed by atoms with Gasteiger partial charge >= 0.3 is 6.03 Å². The lowest BCUT2D eigenvalue weighted by Gasteiger charge is -2.05. The molecule has 2 rings (SSSR count). The number of rotatable bonds is 3. The van der Waals surface area contributed by atoms with E-state index in [4.69, 9.17) is 0 Å². The molecule has 1 aliphatic rings. The van der Waals surface area contributed by atoms with E-state index in [1.807, 2.05) is 31.2 Å². The van der Waals surface area contributed by atoms with E-state index in [-0.39, 0.29) is 6.03 Å². The molecule has 2 N–H and O–H groups in total. The van der Waals surface area contributed by atoms with Crippen LogP contribution in [0.1, 0.15) is 25.3 Å². The molecule has 1 aliphatic carbocycles. The highest BCUT2D eigenvalue weighted by atomic mass is 16.2. The minimum atomic E-state index is -0.186. The van der Waals surface area contributed by atoms with Gasteiger partial charge in [0.2, 0.25) is 0 Å². The summed E-state index contributed by atoms with van der Waals surface area (Å²) in [4.78, 5) is 11.6. The van der Waals surface area contributed by atoms with Crippen molar-refractivity contribution in [2.75, 3.05) is 5.32 Å². The van der Waals surface area contributed by atoms with E-state index < -0.39 is 0 Å². The first-order valence-corrected chi connectivity index (χ1v) is 5.96. The van der Waals surface area contributed by atoms with Crippen LogP contribution in [-0.4, -0.2) is 6.03 Å². The Kier molecular flexibility index (Phi) is 3.47. The first kappa shape index (κ1) is 11.7. The molecule has 2 amide bonds. The van der Waals surface area contributed by atoms with Crippen molar-refractivity contribution in [3.8, 4) is 0 Å². The number of amides is 2. The monoisotopic (exact) mass is 230 g/mol. The average molecular weight is 230 g/mol. The van der Waals surface area contributed by atoms with Crippen molar-refractivity contribution in [2.24, 2.45) is 5.92 Å². The van der Waals surface area contributed by atoms with E-state index >= 15 is 0 Å². The standard InChI is InChI=1S/C14H18N2O/c1-10-3-7-13(8-4-10)16-14(17)15-9-11(2)12-5-6-12/h3-4,7-9,12H,5-6H2,1-2H3,(H2,15,16,17)/b11-9+. The Morgan fingerprint density at radius 3 is 2.53 bits per heavy atom. The van der Waals surface area contributed by atoms with E-state index in [2.05, 4.69) is 17.6 Å². The number of aryl methyl sites for hydroxylation is 1. The number of hydrogen-bond donors (Lipinski definition) is 2. The van der Waals surface area contributed by atoms with Crippen molar-refractivity contribution in [1.29, 1.82) is 0 Å². The predicted molar refractivity (Wildman–Crippen MR) is 69.8 cm³/mol. The van der Waals surface area contributed by atoms with Crippen molar-refractivity contribution in [3.05, 3.63) is 41.6 Å².